The number of hydrogen-bond donors (Lipinski definition) is 1. The van der Waals surface area contributed by atoms with E-state index in [1.165, 1.54) is 10.4 Å². The number of rotatable bonds is 3. The Bertz CT molecular complexity index is 736. The topological polar surface area (TPSA) is 50.7 Å². The molecule has 0 saturated carbocycles. The molecule has 5 heteroatoms. The molecule has 0 aliphatic rings. The van der Waals surface area contributed by atoms with E-state index in [0.29, 0.717) is 0 Å². The summed E-state index contributed by atoms with van der Waals surface area (Å²) in [5.41, 5.74) is 2.40. The number of fused-ring (bicyclic) bond motifs is 1. The Morgan fingerprint density at radius 3 is 2.85 bits per heavy atom. The van der Waals surface area contributed by atoms with Gasteiger partial charge < -0.3 is 5.32 Å². The van der Waals surface area contributed by atoms with Crippen LogP contribution in [-0.2, 0) is 0 Å². The molecule has 0 aliphatic carbocycles. The highest BCUT2D eigenvalue weighted by Gasteiger charge is 2.14. The van der Waals surface area contributed by atoms with Crippen LogP contribution in [0.1, 0.15) is 29.0 Å². The standard InChI is InChI=1S/C15H16N4S/c1-9-11(3)20-15-13(9)14(17-8-18-15)19-10(2)12-5-4-6-16-7-12/h4-8,10H,1-3H3,(H,17,18,19). The molecule has 4 nitrogen and oxygen atoms in total. The lowest BCUT2D eigenvalue weighted by Gasteiger charge is -2.15. The third-order valence-corrected chi connectivity index (χ3v) is 4.62. The van der Waals surface area contributed by atoms with Crippen molar-refractivity contribution in [3.8, 4) is 0 Å². The molecule has 1 N–H and O–H groups in total. The van der Waals surface area contributed by atoms with Crippen LogP contribution in [0.5, 0.6) is 0 Å². The fourth-order valence-corrected chi connectivity index (χ4v) is 3.21. The monoisotopic (exact) mass is 284 g/mol. The molecule has 1 atom stereocenters. The molecule has 3 aromatic rings. The number of pyridine rings is 1. The highest BCUT2D eigenvalue weighted by molar-refractivity contribution is 7.18. The zero-order chi connectivity index (χ0) is 14.1. The minimum atomic E-state index is 0.154. The van der Waals surface area contributed by atoms with Gasteiger partial charge in [0.05, 0.1) is 11.4 Å². The number of nitrogens with zero attached hydrogens (tertiary/aromatic N) is 3. The van der Waals surface area contributed by atoms with Crippen molar-refractivity contribution >= 4 is 27.4 Å². The van der Waals surface area contributed by atoms with Gasteiger partial charge >= 0.3 is 0 Å². The van der Waals surface area contributed by atoms with E-state index in [1.807, 2.05) is 12.3 Å². The van der Waals surface area contributed by atoms with E-state index in [0.717, 1.165) is 21.6 Å². The van der Waals surface area contributed by atoms with Gasteiger partial charge in [0.25, 0.3) is 0 Å². The lowest BCUT2D eigenvalue weighted by Crippen LogP contribution is -2.08. The van der Waals surface area contributed by atoms with Gasteiger partial charge in [-0.05, 0) is 38.0 Å². The summed E-state index contributed by atoms with van der Waals surface area (Å²) in [5.74, 6) is 0.896. The second-order valence-electron chi connectivity index (χ2n) is 4.84. The van der Waals surface area contributed by atoms with Crippen molar-refractivity contribution in [1.82, 2.24) is 15.0 Å². The summed E-state index contributed by atoms with van der Waals surface area (Å²) < 4.78 is 0. The van der Waals surface area contributed by atoms with Crippen molar-refractivity contribution in [2.24, 2.45) is 0 Å². The van der Waals surface area contributed by atoms with E-state index in [4.69, 9.17) is 0 Å². The van der Waals surface area contributed by atoms with Gasteiger partial charge in [-0.1, -0.05) is 6.07 Å². The second-order valence-corrected chi connectivity index (χ2v) is 6.04. The third-order valence-electron chi connectivity index (χ3n) is 3.50. The number of aryl methyl sites for hydroxylation is 2. The van der Waals surface area contributed by atoms with Crippen LogP contribution in [0, 0.1) is 13.8 Å². The number of thiophene rings is 1. The average molecular weight is 284 g/mol. The Kier molecular flexibility index (Phi) is 3.36. The molecule has 0 aliphatic heterocycles. The van der Waals surface area contributed by atoms with Crippen molar-refractivity contribution in [3.63, 3.8) is 0 Å². The van der Waals surface area contributed by atoms with Crippen molar-refractivity contribution in [3.05, 3.63) is 46.9 Å². The van der Waals surface area contributed by atoms with Gasteiger partial charge in [-0.25, -0.2) is 9.97 Å². The molecule has 1 unspecified atom stereocenters. The molecule has 102 valence electrons. The molecule has 0 saturated heterocycles. The Morgan fingerprint density at radius 2 is 2.10 bits per heavy atom. The van der Waals surface area contributed by atoms with Crippen LogP contribution in [0.2, 0.25) is 0 Å². The van der Waals surface area contributed by atoms with Gasteiger partial charge in [0, 0.05) is 17.3 Å². The van der Waals surface area contributed by atoms with E-state index >= 15 is 0 Å². The number of hydrogen-bond acceptors (Lipinski definition) is 5. The van der Waals surface area contributed by atoms with Crippen LogP contribution >= 0.6 is 11.3 Å². The number of nitrogens with one attached hydrogen (secondary N) is 1. The van der Waals surface area contributed by atoms with Gasteiger partial charge in [-0.15, -0.1) is 11.3 Å². The summed E-state index contributed by atoms with van der Waals surface area (Å²) in [6, 6.07) is 4.17. The van der Waals surface area contributed by atoms with Crippen LogP contribution in [-0.4, -0.2) is 15.0 Å². The van der Waals surface area contributed by atoms with Crippen LogP contribution in [0.25, 0.3) is 10.2 Å². The maximum Gasteiger partial charge on any atom is 0.138 e. The fraction of sp³-hybridized carbons (Fsp3) is 0.267. The molecular formula is C15H16N4S. The first-order chi connectivity index (χ1) is 9.66. The van der Waals surface area contributed by atoms with E-state index in [9.17, 15) is 0 Å². The Hall–Kier alpha value is -2.01. The summed E-state index contributed by atoms with van der Waals surface area (Å²) in [4.78, 5) is 15.3. The lowest BCUT2D eigenvalue weighted by molar-refractivity contribution is 0.867. The quantitative estimate of drug-likeness (QED) is 0.793. The smallest absolute Gasteiger partial charge is 0.138 e. The molecule has 0 spiro atoms. The van der Waals surface area contributed by atoms with Crippen molar-refractivity contribution in [2.75, 3.05) is 5.32 Å². The largest absolute Gasteiger partial charge is 0.363 e. The van der Waals surface area contributed by atoms with Gasteiger partial charge in [-0.3, -0.25) is 4.98 Å². The molecule has 0 fully saturated rings. The lowest BCUT2D eigenvalue weighted by atomic mass is 10.1. The summed E-state index contributed by atoms with van der Waals surface area (Å²) >= 11 is 1.71. The normalized spacial score (nSPS) is 12.6. The Morgan fingerprint density at radius 1 is 1.25 bits per heavy atom. The molecule has 20 heavy (non-hydrogen) atoms. The van der Waals surface area contributed by atoms with Gasteiger partial charge in [0.15, 0.2) is 0 Å². The first-order valence-electron chi connectivity index (χ1n) is 6.54. The molecule has 0 amide bonds. The maximum absolute atomic E-state index is 4.41. The van der Waals surface area contributed by atoms with E-state index < -0.39 is 0 Å². The highest BCUT2D eigenvalue weighted by atomic mass is 32.1. The molecule has 3 heterocycles. The van der Waals surface area contributed by atoms with Gasteiger partial charge in [-0.2, -0.15) is 0 Å². The van der Waals surface area contributed by atoms with Crippen LogP contribution in [0.4, 0.5) is 5.82 Å². The van der Waals surface area contributed by atoms with E-state index in [1.54, 1.807) is 23.9 Å². The Balaban J connectivity index is 1.99. The first-order valence-corrected chi connectivity index (χ1v) is 7.35. The van der Waals surface area contributed by atoms with Crippen molar-refractivity contribution < 1.29 is 0 Å². The van der Waals surface area contributed by atoms with Gasteiger partial charge in [0.1, 0.15) is 17.0 Å². The van der Waals surface area contributed by atoms with E-state index in [-0.39, 0.29) is 6.04 Å². The zero-order valence-electron chi connectivity index (χ0n) is 11.7. The predicted octanol–water partition coefficient (Wildman–Crippen LogP) is 3.88. The molecule has 0 aromatic carbocycles. The summed E-state index contributed by atoms with van der Waals surface area (Å²) in [7, 11) is 0. The number of anilines is 1. The Labute approximate surface area is 121 Å². The van der Waals surface area contributed by atoms with Crippen molar-refractivity contribution in [2.45, 2.75) is 26.8 Å². The second kappa shape index (κ2) is 5.17. The molecular weight excluding hydrogens is 268 g/mol. The highest BCUT2D eigenvalue weighted by Crippen LogP contribution is 2.33. The van der Waals surface area contributed by atoms with Crippen LogP contribution in [0.15, 0.2) is 30.9 Å². The SMILES string of the molecule is Cc1sc2ncnc(NC(C)c3cccnc3)c2c1C. The predicted molar refractivity (Wildman–Crippen MR) is 83.2 cm³/mol. The average Bonchev–Trinajstić information content (AvgIpc) is 2.76. The molecule has 0 radical (unpaired) electrons. The molecule has 0 bridgehead atoms. The maximum atomic E-state index is 4.41. The minimum absolute atomic E-state index is 0.154. The van der Waals surface area contributed by atoms with Crippen molar-refractivity contribution in [1.29, 1.82) is 0 Å². The minimum Gasteiger partial charge on any atom is -0.363 e. The summed E-state index contributed by atoms with van der Waals surface area (Å²) in [5, 5.41) is 4.60. The van der Waals surface area contributed by atoms with Crippen LogP contribution < -0.4 is 5.32 Å². The summed E-state index contributed by atoms with van der Waals surface area (Å²) in [6.45, 7) is 6.35. The van der Waals surface area contributed by atoms with Crippen LogP contribution in [0.3, 0.4) is 0 Å². The molecule has 3 aromatic heterocycles. The summed E-state index contributed by atoms with van der Waals surface area (Å²) in [6.07, 6.45) is 5.28. The molecule has 3 rings (SSSR count). The van der Waals surface area contributed by atoms with Gasteiger partial charge in [0.2, 0.25) is 0 Å². The fourth-order valence-electron chi connectivity index (χ4n) is 2.21. The number of aromatic nitrogens is 3. The zero-order valence-corrected chi connectivity index (χ0v) is 12.5. The van der Waals surface area contributed by atoms with E-state index in [2.05, 4.69) is 47.1 Å². The third kappa shape index (κ3) is 2.25. The first kappa shape index (κ1) is 13.0.